The number of nitrogens with two attached hydrogens (primary N) is 1. The molecule has 1 aliphatic rings. The Morgan fingerprint density at radius 2 is 1.96 bits per heavy atom. The number of amides is 1. The van der Waals surface area contributed by atoms with Crippen LogP contribution in [0.15, 0.2) is 35.6 Å². The molecule has 0 aromatic carbocycles. The number of pyridine rings is 2. The number of nitrogens with one attached hydrogen (secondary N) is 1. The Bertz CT molecular complexity index is 865. The molecular formula is C15H16N4O3S. The van der Waals surface area contributed by atoms with Gasteiger partial charge in [-0.1, -0.05) is 0 Å². The van der Waals surface area contributed by atoms with Gasteiger partial charge in [0, 0.05) is 29.8 Å². The second kappa shape index (κ2) is 6.05. The topological polar surface area (TPSA) is 115 Å². The molecule has 1 amide bonds. The maximum atomic E-state index is 12.3. The van der Waals surface area contributed by atoms with Crippen LogP contribution in [0, 0.1) is 0 Å². The van der Waals surface area contributed by atoms with E-state index in [-0.39, 0.29) is 10.9 Å². The van der Waals surface area contributed by atoms with E-state index < -0.39 is 10.0 Å². The molecule has 0 saturated carbocycles. The van der Waals surface area contributed by atoms with Crippen LogP contribution in [0.3, 0.4) is 0 Å². The van der Waals surface area contributed by atoms with Crippen LogP contribution in [-0.4, -0.2) is 24.3 Å². The van der Waals surface area contributed by atoms with Gasteiger partial charge in [0.05, 0.1) is 5.56 Å². The molecule has 0 atom stereocenters. The highest BCUT2D eigenvalue weighted by atomic mass is 32.2. The molecule has 23 heavy (non-hydrogen) atoms. The lowest BCUT2D eigenvalue weighted by atomic mass is 9.95. The number of nitrogens with zero attached hydrogens (tertiary/aromatic N) is 2. The molecule has 8 heteroatoms. The van der Waals surface area contributed by atoms with Gasteiger partial charge in [0.1, 0.15) is 0 Å². The molecule has 0 bridgehead atoms. The van der Waals surface area contributed by atoms with Crippen molar-refractivity contribution >= 4 is 21.6 Å². The van der Waals surface area contributed by atoms with E-state index in [1.54, 1.807) is 6.20 Å². The zero-order valence-corrected chi connectivity index (χ0v) is 13.1. The zero-order valence-electron chi connectivity index (χ0n) is 12.3. The van der Waals surface area contributed by atoms with Gasteiger partial charge in [-0.3, -0.25) is 9.78 Å². The molecule has 1 aliphatic carbocycles. The number of anilines is 1. The molecular weight excluding hydrogens is 316 g/mol. The second-order valence-electron chi connectivity index (χ2n) is 5.42. The van der Waals surface area contributed by atoms with Crippen LogP contribution >= 0.6 is 0 Å². The third-order valence-corrected chi connectivity index (χ3v) is 4.52. The van der Waals surface area contributed by atoms with E-state index in [1.165, 1.54) is 18.3 Å². The van der Waals surface area contributed by atoms with Crippen molar-refractivity contribution in [1.82, 2.24) is 9.97 Å². The summed E-state index contributed by atoms with van der Waals surface area (Å²) in [7, 11) is -3.91. The molecule has 0 aliphatic heterocycles. The minimum atomic E-state index is -3.91. The average molecular weight is 332 g/mol. The number of primary sulfonamides is 1. The van der Waals surface area contributed by atoms with Gasteiger partial charge in [0.15, 0.2) is 5.03 Å². The van der Waals surface area contributed by atoms with Crippen molar-refractivity contribution in [3.63, 3.8) is 0 Å². The fraction of sp³-hybridized carbons (Fsp3) is 0.267. The Kier molecular flexibility index (Phi) is 4.10. The largest absolute Gasteiger partial charge is 0.322 e. The van der Waals surface area contributed by atoms with Crippen molar-refractivity contribution in [2.75, 3.05) is 5.32 Å². The van der Waals surface area contributed by atoms with E-state index in [0.717, 1.165) is 36.9 Å². The summed E-state index contributed by atoms with van der Waals surface area (Å²) in [5, 5.41) is 7.38. The van der Waals surface area contributed by atoms with E-state index in [4.69, 9.17) is 5.14 Å². The van der Waals surface area contributed by atoms with E-state index >= 15 is 0 Å². The summed E-state index contributed by atoms with van der Waals surface area (Å²) in [6.45, 7) is 0. The summed E-state index contributed by atoms with van der Waals surface area (Å²) in [6, 6.07) is 4.57. The number of hydrogen-bond acceptors (Lipinski definition) is 5. The summed E-state index contributed by atoms with van der Waals surface area (Å²) in [5.41, 5.74) is 2.91. The van der Waals surface area contributed by atoms with Gasteiger partial charge in [-0.05, 0) is 43.4 Å². The van der Waals surface area contributed by atoms with Crippen LogP contribution in [0.25, 0.3) is 0 Å². The van der Waals surface area contributed by atoms with Crippen LogP contribution in [0.4, 0.5) is 5.69 Å². The number of carbonyl (C=O) groups excluding carboxylic acids is 1. The number of rotatable bonds is 3. The number of fused-ring (bicyclic) bond motifs is 1. The van der Waals surface area contributed by atoms with E-state index in [0.29, 0.717) is 11.3 Å². The third kappa shape index (κ3) is 3.54. The van der Waals surface area contributed by atoms with Gasteiger partial charge in [-0.15, -0.1) is 0 Å². The van der Waals surface area contributed by atoms with Crippen LogP contribution in [0.5, 0.6) is 0 Å². The molecule has 0 saturated heterocycles. The van der Waals surface area contributed by atoms with Crippen molar-refractivity contribution in [3.05, 3.63) is 47.4 Å². The van der Waals surface area contributed by atoms with Crippen molar-refractivity contribution in [1.29, 1.82) is 0 Å². The lowest BCUT2D eigenvalue weighted by Crippen LogP contribution is -2.17. The highest BCUT2D eigenvalue weighted by molar-refractivity contribution is 7.89. The van der Waals surface area contributed by atoms with Crippen LogP contribution < -0.4 is 10.5 Å². The van der Waals surface area contributed by atoms with Gasteiger partial charge in [0.25, 0.3) is 15.9 Å². The van der Waals surface area contributed by atoms with Crippen molar-refractivity contribution in [3.8, 4) is 0 Å². The first-order chi connectivity index (χ1) is 10.9. The van der Waals surface area contributed by atoms with Gasteiger partial charge in [-0.2, -0.15) is 0 Å². The molecule has 7 nitrogen and oxygen atoms in total. The predicted molar refractivity (Wildman–Crippen MR) is 84.4 cm³/mol. The van der Waals surface area contributed by atoms with Crippen LogP contribution in [0.2, 0.25) is 0 Å². The maximum absolute atomic E-state index is 12.3. The number of aromatic nitrogens is 2. The quantitative estimate of drug-likeness (QED) is 0.878. The molecule has 0 spiro atoms. The first-order valence-electron chi connectivity index (χ1n) is 7.21. The predicted octanol–water partition coefficient (Wildman–Crippen LogP) is 1.26. The van der Waals surface area contributed by atoms with Crippen molar-refractivity contribution < 1.29 is 13.2 Å². The Labute approximate surface area is 134 Å². The minimum Gasteiger partial charge on any atom is -0.322 e. The van der Waals surface area contributed by atoms with E-state index in [2.05, 4.69) is 15.3 Å². The minimum absolute atomic E-state index is 0.293. The first-order valence-corrected chi connectivity index (χ1v) is 8.76. The summed E-state index contributed by atoms with van der Waals surface area (Å²) in [4.78, 5) is 20.3. The van der Waals surface area contributed by atoms with E-state index in [1.807, 2.05) is 6.07 Å². The fourth-order valence-corrected chi connectivity index (χ4v) is 3.06. The van der Waals surface area contributed by atoms with Gasteiger partial charge < -0.3 is 5.32 Å². The molecule has 0 fully saturated rings. The number of aryl methyl sites for hydroxylation is 2. The summed E-state index contributed by atoms with van der Waals surface area (Å²) < 4.78 is 22.6. The lowest BCUT2D eigenvalue weighted by molar-refractivity contribution is 0.102. The molecule has 2 heterocycles. The molecule has 120 valence electrons. The molecule has 3 rings (SSSR count). The first kappa shape index (κ1) is 15.6. The second-order valence-corrected chi connectivity index (χ2v) is 6.93. The molecule has 0 radical (unpaired) electrons. The summed E-state index contributed by atoms with van der Waals surface area (Å²) in [5.74, 6) is -0.350. The monoisotopic (exact) mass is 332 g/mol. The number of carbonyl (C=O) groups is 1. The van der Waals surface area contributed by atoms with Gasteiger partial charge in [0.2, 0.25) is 0 Å². The molecule has 0 unspecified atom stereocenters. The summed E-state index contributed by atoms with van der Waals surface area (Å²) in [6.07, 6.45) is 6.91. The smallest absolute Gasteiger partial charge is 0.257 e. The Morgan fingerprint density at radius 3 is 2.74 bits per heavy atom. The van der Waals surface area contributed by atoms with Crippen LogP contribution in [0.1, 0.15) is 34.5 Å². The number of sulfonamides is 1. The fourth-order valence-electron chi connectivity index (χ4n) is 2.56. The van der Waals surface area contributed by atoms with Crippen molar-refractivity contribution in [2.45, 2.75) is 30.7 Å². The van der Waals surface area contributed by atoms with Gasteiger partial charge >= 0.3 is 0 Å². The SMILES string of the molecule is NS(=O)(=O)c1cc(NC(=O)c2cnc3c(c2)CCCC3)ccn1. The van der Waals surface area contributed by atoms with E-state index in [9.17, 15) is 13.2 Å². The summed E-state index contributed by atoms with van der Waals surface area (Å²) >= 11 is 0. The third-order valence-electron chi connectivity index (χ3n) is 3.72. The standard InChI is InChI=1S/C15H16N4O3S/c16-23(21,22)14-8-12(5-6-17-14)19-15(20)11-7-10-3-1-2-4-13(10)18-9-11/h5-9H,1-4H2,(H2,16,21,22)(H,17,19,20). The highest BCUT2D eigenvalue weighted by Gasteiger charge is 2.15. The Balaban J connectivity index is 1.82. The van der Waals surface area contributed by atoms with Crippen LogP contribution in [-0.2, 0) is 22.9 Å². The maximum Gasteiger partial charge on any atom is 0.257 e. The zero-order chi connectivity index (χ0) is 16.4. The Hall–Kier alpha value is -2.32. The molecule has 3 N–H and O–H groups in total. The number of hydrogen-bond donors (Lipinski definition) is 2. The highest BCUT2D eigenvalue weighted by Crippen LogP contribution is 2.20. The molecule has 2 aromatic rings. The Morgan fingerprint density at radius 1 is 1.17 bits per heavy atom. The lowest BCUT2D eigenvalue weighted by Gasteiger charge is -2.15. The van der Waals surface area contributed by atoms with Gasteiger partial charge in [-0.25, -0.2) is 18.5 Å². The van der Waals surface area contributed by atoms with Crippen molar-refractivity contribution in [2.24, 2.45) is 5.14 Å². The molecule has 2 aromatic heterocycles. The normalized spacial score (nSPS) is 14.1. The average Bonchev–Trinajstić information content (AvgIpc) is 2.54.